The number of carbonyl (C=O) groups is 3. The Balaban J connectivity index is 1.93. The maximum absolute atomic E-state index is 12.4. The molecular weight excluding hydrogens is 456 g/mol. The third-order valence-corrected chi connectivity index (χ3v) is 8.91. The lowest BCUT2D eigenvalue weighted by Gasteiger charge is -2.55. The molecule has 35 heavy (non-hydrogen) atoms. The zero-order valence-corrected chi connectivity index (χ0v) is 22.0. The van der Waals surface area contributed by atoms with Gasteiger partial charge < -0.3 is 28.8 Å². The van der Waals surface area contributed by atoms with Gasteiger partial charge in [0.05, 0.1) is 17.8 Å². The van der Waals surface area contributed by atoms with Crippen molar-refractivity contribution in [3.63, 3.8) is 0 Å². The summed E-state index contributed by atoms with van der Waals surface area (Å²) in [5.41, 5.74) is -2.10. The Hall–Kier alpha value is -1.71. The highest BCUT2D eigenvalue weighted by Gasteiger charge is 2.73. The van der Waals surface area contributed by atoms with Gasteiger partial charge >= 0.3 is 17.9 Å². The molecule has 1 N–H and O–H groups in total. The summed E-state index contributed by atoms with van der Waals surface area (Å²) in [4.78, 5) is 37.0. The van der Waals surface area contributed by atoms with Crippen molar-refractivity contribution in [2.75, 3.05) is 0 Å². The Morgan fingerprint density at radius 2 is 1.63 bits per heavy atom. The topological polar surface area (TPSA) is 118 Å². The smallest absolute Gasteiger partial charge is 0.303 e. The molecule has 0 aromatic rings. The Morgan fingerprint density at radius 1 is 1.00 bits per heavy atom. The van der Waals surface area contributed by atoms with E-state index in [0.717, 1.165) is 0 Å². The van der Waals surface area contributed by atoms with E-state index in [0.29, 0.717) is 19.3 Å². The first kappa shape index (κ1) is 26.4. The summed E-state index contributed by atoms with van der Waals surface area (Å²) >= 11 is 0. The standard InChI is InChI=1S/C26H40O9/c1-12(2)18-19-20(17-11-13(3)26(30)10-9-24(7,35-26)22(19)33-17)25(8,34-16(6)29)23(32-15(5)28)21(18)31-14(4)27/h12-13,17-23,30H,9-11H2,1-8H3/t13-,17?,18+,19+,20+,21-,22?,23-,24?,25-,26?/m0/s1. The largest absolute Gasteiger partial charge is 0.458 e. The highest BCUT2D eigenvalue weighted by Crippen LogP contribution is 2.62. The van der Waals surface area contributed by atoms with Gasteiger partial charge in [0, 0.05) is 50.9 Å². The van der Waals surface area contributed by atoms with Gasteiger partial charge in [0.15, 0.2) is 17.5 Å². The van der Waals surface area contributed by atoms with Crippen LogP contribution in [-0.2, 0) is 38.1 Å². The number of ether oxygens (including phenoxy) is 5. The fraction of sp³-hybridized carbons (Fsp3) is 0.885. The SMILES string of the molecule is CC(=O)O[C@H]1[C@H](C(C)C)[C@H]2C3OC(C[C@H](C)C4(O)CCC3(C)O4)[C@H]2[C@](C)(OC(C)=O)[C@H]1OC(C)=O. The maximum atomic E-state index is 12.4. The molecule has 11 atom stereocenters. The van der Waals surface area contributed by atoms with Crippen LogP contribution in [0.5, 0.6) is 0 Å². The highest BCUT2D eigenvalue weighted by molar-refractivity contribution is 5.69. The zero-order valence-electron chi connectivity index (χ0n) is 22.0. The monoisotopic (exact) mass is 496 g/mol. The maximum Gasteiger partial charge on any atom is 0.303 e. The first-order valence-corrected chi connectivity index (χ1v) is 12.7. The van der Waals surface area contributed by atoms with Gasteiger partial charge in [0.25, 0.3) is 0 Å². The Kier molecular flexibility index (Phi) is 6.55. The number of rotatable bonds is 4. The Morgan fingerprint density at radius 3 is 2.17 bits per heavy atom. The van der Waals surface area contributed by atoms with E-state index in [1.165, 1.54) is 20.8 Å². The molecule has 3 heterocycles. The van der Waals surface area contributed by atoms with Gasteiger partial charge in [-0.15, -0.1) is 0 Å². The van der Waals surface area contributed by atoms with E-state index >= 15 is 0 Å². The summed E-state index contributed by atoms with van der Waals surface area (Å²) in [7, 11) is 0. The van der Waals surface area contributed by atoms with Crippen LogP contribution in [0.2, 0.25) is 0 Å². The first-order chi connectivity index (χ1) is 16.1. The molecule has 198 valence electrons. The van der Waals surface area contributed by atoms with Gasteiger partial charge in [-0.2, -0.15) is 0 Å². The van der Waals surface area contributed by atoms with Crippen molar-refractivity contribution in [1.82, 2.24) is 0 Å². The Bertz CT molecular complexity index is 888. The predicted molar refractivity (Wildman–Crippen MR) is 123 cm³/mol. The summed E-state index contributed by atoms with van der Waals surface area (Å²) in [6.45, 7) is 13.7. The van der Waals surface area contributed by atoms with E-state index < -0.39 is 53.2 Å². The fourth-order valence-corrected chi connectivity index (χ4v) is 7.65. The summed E-state index contributed by atoms with van der Waals surface area (Å²) < 4.78 is 30.9. The van der Waals surface area contributed by atoms with Crippen molar-refractivity contribution in [2.45, 2.75) is 116 Å². The van der Waals surface area contributed by atoms with Gasteiger partial charge in [-0.3, -0.25) is 14.4 Å². The molecule has 1 aliphatic carbocycles. The summed E-state index contributed by atoms with van der Waals surface area (Å²) in [5.74, 6) is -3.95. The molecule has 0 radical (unpaired) electrons. The number of hydrogen-bond donors (Lipinski definition) is 1. The van der Waals surface area contributed by atoms with Crippen LogP contribution in [0.25, 0.3) is 0 Å². The summed E-state index contributed by atoms with van der Waals surface area (Å²) in [5, 5.41) is 11.3. The van der Waals surface area contributed by atoms with Crippen molar-refractivity contribution in [2.24, 2.45) is 29.6 Å². The van der Waals surface area contributed by atoms with Gasteiger partial charge in [0.2, 0.25) is 0 Å². The third kappa shape index (κ3) is 4.17. The van der Waals surface area contributed by atoms with Crippen LogP contribution < -0.4 is 0 Å². The fourth-order valence-electron chi connectivity index (χ4n) is 7.65. The molecule has 1 saturated carbocycles. The van der Waals surface area contributed by atoms with Crippen molar-refractivity contribution < 1.29 is 43.2 Å². The molecule has 4 bridgehead atoms. The van der Waals surface area contributed by atoms with Gasteiger partial charge in [-0.25, -0.2) is 0 Å². The second-order valence-corrected chi connectivity index (χ2v) is 11.8. The average Bonchev–Trinajstić information content (AvgIpc) is 3.24. The van der Waals surface area contributed by atoms with Crippen molar-refractivity contribution in [3.05, 3.63) is 0 Å². The molecule has 4 rings (SSSR count). The molecule has 0 amide bonds. The number of esters is 3. The van der Waals surface area contributed by atoms with Crippen molar-refractivity contribution in [1.29, 1.82) is 0 Å². The van der Waals surface area contributed by atoms with Crippen LogP contribution >= 0.6 is 0 Å². The number of hydrogen-bond acceptors (Lipinski definition) is 9. The number of carbonyl (C=O) groups excluding carboxylic acids is 3. The van der Waals surface area contributed by atoms with Crippen LogP contribution in [0.1, 0.15) is 74.7 Å². The summed E-state index contributed by atoms with van der Waals surface area (Å²) in [6.07, 6.45) is -1.09. The van der Waals surface area contributed by atoms with Crippen LogP contribution in [-0.4, -0.2) is 64.4 Å². The third-order valence-electron chi connectivity index (χ3n) is 8.91. The predicted octanol–water partition coefficient (Wildman–Crippen LogP) is 2.75. The van der Waals surface area contributed by atoms with Crippen molar-refractivity contribution >= 4 is 17.9 Å². The molecule has 4 unspecified atom stereocenters. The normalized spacial score (nSPS) is 48.5. The molecule has 3 aliphatic heterocycles. The summed E-state index contributed by atoms with van der Waals surface area (Å²) in [6, 6.07) is 0. The van der Waals surface area contributed by atoms with Gasteiger partial charge in [0.1, 0.15) is 6.10 Å². The molecule has 4 fully saturated rings. The van der Waals surface area contributed by atoms with Crippen LogP contribution in [0, 0.1) is 29.6 Å². The highest BCUT2D eigenvalue weighted by atomic mass is 16.7. The molecule has 3 saturated heterocycles. The van der Waals surface area contributed by atoms with Gasteiger partial charge in [-0.05, 0) is 32.6 Å². The zero-order chi connectivity index (χ0) is 26.1. The van der Waals surface area contributed by atoms with E-state index in [9.17, 15) is 19.5 Å². The second kappa shape index (κ2) is 8.70. The van der Waals surface area contributed by atoms with Crippen molar-refractivity contribution in [3.8, 4) is 0 Å². The first-order valence-electron chi connectivity index (χ1n) is 12.7. The minimum atomic E-state index is -1.32. The average molecular weight is 497 g/mol. The molecule has 9 heteroatoms. The lowest BCUT2D eigenvalue weighted by molar-refractivity contribution is -0.285. The lowest BCUT2D eigenvalue weighted by atomic mass is 9.55. The van der Waals surface area contributed by atoms with Crippen LogP contribution in [0.3, 0.4) is 0 Å². The lowest BCUT2D eigenvalue weighted by Crippen LogP contribution is -2.69. The second-order valence-electron chi connectivity index (χ2n) is 11.8. The molecule has 0 aromatic carbocycles. The molecule has 0 spiro atoms. The van der Waals surface area contributed by atoms with E-state index in [-0.39, 0.29) is 35.7 Å². The van der Waals surface area contributed by atoms with Gasteiger partial charge in [-0.1, -0.05) is 20.8 Å². The molecule has 4 aliphatic rings. The van der Waals surface area contributed by atoms with Crippen LogP contribution in [0.15, 0.2) is 0 Å². The van der Waals surface area contributed by atoms with E-state index in [4.69, 9.17) is 23.7 Å². The quantitative estimate of drug-likeness (QED) is 0.463. The van der Waals surface area contributed by atoms with E-state index in [1.54, 1.807) is 6.92 Å². The van der Waals surface area contributed by atoms with E-state index in [2.05, 4.69) is 0 Å². The minimum Gasteiger partial charge on any atom is -0.458 e. The molecule has 9 nitrogen and oxygen atoms in total. The van der Waals surface area contributed by atoms with Crippen LogP contribution in [0.4, 0.5) is 0 Å². The number of aliphatic hydroxyl groups is 1. The minimum absolute atomic E-state index is 0.0127. The van der Waals surface area contributed by atoms with E-state index in [1.807, 2.05) is 27.7 Å². The number of fused-ring (bicyclic) bond motifs is 8. The Labute approximate surface area is 207 Å². The molecular formula is C26H40O9. The molecule has 0 aromatic heterocycles.